The molecule has 3 nitrogen and oxygen atoms in total. The van der Waals surface area contributed by atoms with Crippen LogP contribution in [-0.4, -0.2) is 11.9 Å². The van der Waals surface area contributed by atoms with Gasteiger partial charge in [0, 0.05) is 0 Å². The smallest absolute Gasteiger partial charge is 0.152 e. The summed E-state index contributed by atoms with van der Waals surface area (Å²) in [6.45, 7) is 1.65. The van der Waals surface area contributed by atoms with Crippen molar-refractivity contribution in [2.45, 2.75) is 13.0 Å². The molecule has 5 heteroatoms. The molecule has 76 valence electrons. The molecule has 0 aliphatic rings. The van der Waals surface area contributed by atoms with Crippen LogP contribution in [0.1, 0.15) is 6.92 Å². The van der Waals surface area contributed by atoms with Crippen LogP contribution in [-0.2, 0) is 0 Å². The van der Waals surface area contributed by atoms with Crippen molar-refractivity contribution in [3.05, 3.63) is 28.5 Å². The van der Waals surface area contributed by atoms with E-state index < -0.39 is 6.10 Å². The quantitative estimate of drug-likeness (QED) is 0.647. The molecule has 1 rings (SSSR count). The van der Waals surface area contributed by atoms with Crippen molar-refractivity contribution in [3.63, 3.8) is 0 Å². The molecule has 1 atom stereocenters. The molecule has 0 saturated carbocycles. The van der Waals surface area contributed by atoms with Crippen molar-refractivity contribution in [2.24, 2.45) is 5.73 Å². The van der Waals surface area contributed by atoms with E-state index in [4.69, 9.17) is 15.9 Å². The highest BCUT2D eigenvalue weighted by atomic mass is 79.9. The van der Waals surface area contributed by atoms with Crippen molar-refractivity contribution < 1.29 is 9.13 Å². The number of halogens is 2. The summed E-state index contributed by atoms with van der Waals surface area (Å²) in [6.07, 6.45) is -0.517. The van der Waals surface area contributed by atoms with Crippen LogP contribution in [0.2, 0.25) is 0 Å². The van der Waals surface area contributed by atoms with Gasteiger partial charge in [-0.1, -0.05) is 0 Å². The minimum Gasteiger partial charge on any atom is -0.482 e. The molecule has 0 aliphatic carbocycles. The molecule has 1 aromatic carbocycles. The standard InChI is InChI=1S/C9H10BrFN2O/c1-5(9(12)13)14-8-3-2-6(11)4-7(8)10/h2-5H,1H3,(H3,12,13). The van der Waals surface area contributed by atoms with Gasteiger partial charge in [0.25, 0.3) is 0 Å². The zero-order valence-corrected chi connectivity index (χ0v) is 9.14. The molecule has 0 heterocycles. The fourth-order valence-corrected chi connectivity index (χ4v) is 1.27. The van der Waals surface area contributed by atoms with Crippen LogP contribution in [0.4, 0.5) is 4.39 Å². The lowest BCUT2D eigenvalue weighted by atomic mass is 10.3. The van der Waals surface area contributed by atoms with Gasteiger partial charge < -0.3 is 10.5 Å². The van der Waals surface area contributed by atoms with Gasteiger partial charge in [-0.05, 0) is 41.1 Å². The van der Waals surface area contributed by atoms with Crippen molar-refractivity contribution in [2.75, 3.05) is 0 Å². The van der Waals surface area contributed by atoms with E-state index in [1.165, 1.54) is 18.2 Å². The molecule has 0 amide bonds. The summed E-state index contributed by atoms with van der Waals surface area (Å²) in [6, 6.07) is 4.06. The first kappa shape index (κ1) is 11.0. The Kier molecular flexibility index (Phi) is 3.46. The van der Waals surface area contributed by atoms with Gasteiger partial charge in [-0.3, -0.25) is 5.41 Å². The normalized spacial score (nSPS) is 12.2. The van der Waals surface area contributed by atoms with E-state index in [1.807, 2.05) is 0 Å². The lowest BCUT2D eigenvalue weighted by Crippen LogP contribution is -2.30. The predicted molar refractivity (Wildman–Crippen MR) is 56.1 cm³/mol. The fraction of sp³-hybridized carbons (Fsp3) is 0.222. The van der Waals surface area contributed by atoms with Gasteiger partial charge in [0.05, 0.1) is 4.47 Å². The van der Waals surface area contributed by atoms with Crippen LogP contribution in [0.25, 0.3) is 0 Å². The van der Waals surface area contributed by atoms with Crippen molar-refractivity contribution in [1.29, 1.82) is 5.41 Å². The van der Waals surface area contributed by atoms with E-state index >= 15 is 0 Å². The van der Waals surface area contributed by atoms with E-state index in [-0.39, 0.29) is 11.7 Å². The third kappa shape index (κ3) is 2.70. The van der Waals surface area contributed by atoms with Gasteiger partial charge in [0.1, 0.15) is 17.4 Å². The third-order valence-electron chi connectivity index (χ3n) is 1.64. The van der Waals surface area contributed by atoms with E-state index in [9.17, 15) is 4.39 Å². The van der Waals surface area contributed by atoms with Gasteiger partial charge in [-0.2, -0.15) is 0 Å². The summed E-state index contributed by atoms with van der Waals surface area (Å²) in [7, 11) is 0. The second-order valence-electron chi connectivity index (χ2n) is 2.79. The Labute approximate surface area is 89.7 Å². The predicted octanol–water partition coefficient (Wildman–Crippen LogP) is 2.29. The molecule has 1 aromatic rings. The number of ether oxygens (including phenoxy) is 1. The van der Waals surface area contributed by atoms with E-state index in [0.717, 1.165) is 0 Å². The van der Waals surface area contributed by atoms with Gasteiger partial charge in [0.2, 0.25) is 0 Å². The molecule has 14 heavy (non-hydrogen) atoms. The molecule has 0 aliphatic heterocycles. The molecular formula is C9H10BrFN2O. The van der Waals surface area contributed by atoms with E-state index in [2.05, 4.69) is 15.9 Å². The maximum Gasteiger partial charge on any atom is 0.152 e. The second-order valence-corrected chi connectivity index (χ2v) is 3.64. The summed E-state index contributed by atoms with van der Waals surface area (Å²) in [5.41, 5.74) is 5.23. The lowest BCUT2D eigenvalue weighted by Gasteiger charge is -2.13. The zero-order chi connectivity index (χ0) is 10.7. The molecule has 0 radical (unpaired) electrons. The Balaban J connectivity index is 2.82. The van der Waals surface area contributed by atoms with Crippen LogP contribution >= 0.6 is 15.9 Å². The summed E-state index contributed by atoms with van der Waals surface area (Å²) in [5.74, 6) is 0.0510. The van der Waals surface area contributed by atoms with Crippen molar-refractivity contribution in [1.82, 2.24) is 0 Å². The summed E-state index contributed by atoms with van der Waals surface area (Å²) < 4.78 is 18.5. The molecule has 0 saturated heterocycles. The van der Waals surface area contributed by atoms with Crippen LogP contribution in [0, 0.1) is 11.2 Å². The maximum absolute atomic E-state index is 12.7. The van der Waals surface area contributed by atoms with Crippen LogP contribution in [0.3, 0.4) is 0 Å². The van der Waals surface area contributed by atoms with Gasteiger partial charge in [-0.25, -0.2) is 4.39 Å². The maximum atomic E-state index is 12.7. The lowest BCUT2D eigenvalue weighted by molar-refractivity contribution is 0.282. The zero-order valence-electron chi connectivity index (χ0n) is 7.55. The number of hydrogen-bond acceptors (Lipinski definition) is 2. The Hall–Kier alpha value is -1.10. The summed E-state index contributed by atoms with van der Waals surface area (Å²) in [4.78, 5) is 0. The third-order valence-corrected chi connectivity index (χ3v) is 2.26. The monoisotopic (exact) mass is 260 g/mol. The number of benzene rings is 1. The van der Waals surface area contributed by atoms with Crippen molar-refractivity contribution in [3.8, 4) is 5.75 Å². The fourth-order valence-electron chi connectivity index (χ4n) is 0.825. The van der Waals surface area contributed by atoms with Gasteiger partial charge >= 0.3 is 0 Å². The first-order valence-corrected chi connectivity index (χ1v) is 4.75. The molecule has 3 N–H and O–H groups in total. The highest BCUT2D eigenvalue weighted by Crippen LogP contribution is 2.26. The van der Waals surface area contributed by atoms with Crippen LogP contribution in [0.5, 0.6) is 5.75 Å². The van der Waals surface area contributed by atoms with Gasteiger partial charge in [0.15, 0.2) is 6.10 Å². The number of hydrogen-bond donors (Lipinski definition) is 2. The molecule has 0 bridgehead atoms. The van der Waals surface area contributed by atoms with E-state index in [1.54, 1.807) is 6.92 Å². The first-order valence-electron chi connectivity index (χ1n) is 3.96. The number of amidine groups is 1. The van der Waals surface area contributed by atoms with Crippen molar-refractivity contribution >= 4 is 21.8 Å². The summed E-state index contributed by atoms with van der Waals surface area (Å²) >= 11 is 3.15. The average Bonchev–Trinajstić information content (AvgIpc) is 2.09. The second kappa shape index (κ2) is 4.41. The minimum atomic E-state index is -0.517. The largest absolute Gasteiger partial charge is 0.482 e. The molecule has 0 aromatic heterocycles. The average molecular weight is 261 g/mol. The highest BCUT2D eigenvalue weighted by molar-refractivity contribution is 9.10. The summed E-state index contributed by atoms with van der Waals surface area (Å²) in [5, 5.41) is 7.13. The van der Waals surface area contributed by atoms with E-state index in [0.29, 0.717) is 10.2 Å². The molecular weight excluding hydrogens is 251 g/mol. The van der Waals surface area contributed by atoms with Gasteiger partial charge in [-0.15, -0.1) is 0 Å². The number of rotatable bonds is 3. The Morgan fingerprint density at radius 1 is 1.64 bits per heavy atom. The Bertz CT molecular complexity index is 357. The van der Waals surface area contributed by atoms with Crippen LogP contribution in [0.15, 0.2) is 22.7 Å². The molecule has 0 spiro atoms. The topological polar surface area (TPSA) is 59.1 Å². The van der Waals surface area contributed by atoms with Crippen LogP contribution < -0.4 is 10.5 Å². The number of nitrogens with one attached hydrogen (secondary N) is 1. The minimum absolute atomic E-state index is 0.0683. The molecule has 1 unspecified atom stereocenters. The number of nitrogens with two attached hydrogens (primary N) is 1. The SMILES string of the molecule is CC(Oc1ccc(F)cc1Br)C(=N)N. The Morgan fingerprint density at radius 2 is 2.29 bits per heavy atom. The Morgan fingerprint density at radius 3 is 2.79 bits per heavy atom. The first-order chi connectivity index (χ1) is 6.50. The highest BCUT2D eigenvalue weighted by Gasteiger charge is 2.09. The molecule has 0 fully saturated rings.